The number of hydrogen-bond acceptors (Lipinski definition) is 6. The van der Waals surface area contributed by atoms with Crippen LogP contribution in [0.25, 0.3) is 11.0 Å². The number of nitrogens with zero attached hydrogens (tertiary/aromatic N) is 2. The van der Waals surface area contributed by atoms with Crippen molar-refractivity contribution in [2.75, 3.05) is 6.61 Å². The van der Waals surface area contributed by atoms with Gasteiger partial charge in [-0.05, 0) is 24.6 Å². The smallest absolute Gasteiger partial charge is 0.308 e. The highest BCUT2D eigenvalue weighted by Crippen LogP contribution is 2.22. The number of hydrogen-bond donors (Lipinski definition) is 2. The maximum Gasteiger partial charge on any atom is 0.308 e. The molecular weight excluding hydrogens is 260 g/mol. The monoisotopic (exact) mass is 276 g/mol. The van der Waals surface area contributed by atoms with E-state index in [1.807, 2.05) is 0 Å². The van der Waals surface area contributed by atoms with Crippen LogP contribution in [-0.4, -0.2) is 38.9 Å². The van der Waals surface area contributed by atoms with Gasteiger partial charge in [-0.15, -0.1) is 0 Å². The first-order valence-electron chi connectivity index (χ1n) is 6.34. The molecule has 0 saturated heterocycles. The summed E-state index contributed by atoms with van der Waals surface area (Å²) in [5, 5.41) is 19.9. The van der Waals surface area contributed by atoms with E-state index >= 15 is 0 Å². The molecule has 0 bridgehead atoms. The van der Waals surface area contributed by atoms with E-state index < -0.39 is 18.2 Å². The third-order valence-electron chi connectivity index (χ3n) is 2.88. The fourth-order valence-electron chi connectivity index (χ4n) is 1.89. The molecule has 0 amide bonds. The van der Waals surface area contributed by atoms with Crippen LogP contribution in [0.2, 0.25) is 0 Å². The molecule has 0 saturated carbocycles. The van der Waals surface area contributed by atoms with Crippen molar-refractivity contribution in [1.82, 2.24) is 9.97 Å². The van der Waals surface area contributed by atoms with Crippen LogP contribution in [0.15, 0.2) is 30.6 Å². The lowest BCUT2D eigenvalue weighted by Crippen LogP contribution is -2.23. The summed E-state index contributed by atoms with van der Waals surface area (Å²) in [4.78, 5) is 19.5. The van der Waals surface area contributed by atoms with Gasteiger partial charge in [-0.2, -0.15) is 0 Å². The standard InChI is InChI=1S/C14H16N2O4/c1-2-20-13(18)8-12(17)14(19)9-3-4-10-11(7-9)16-6-5-15-10/h3-7,12,14,17,19H,2,8H2,1H3. The summed E-state index contributed by atoms with van der Waals surface area (Å²) in [5.41, 5.74) is 1.80. The Morgan fingerprint density at radius 3 is 2.65 bits per heavy atom. The fraction of sp³-hybridized carbons (Fsp3) is 0.357. The molecular formula is C14H16N2O4. The molecule has 2 aromatic rings. The van der Waals surface area contributed by atoms with E-state index in [0.29, 0.717) is 16.6 Å². The summed E-state index contributed by atoms with van der Waals surface area (Å²) >= 11 is 0. The van der Waals surface area contributed by atoms with Gasteiger partial charge in [-0.25, -0.2) is 0 Å². The maximum absolute atomic E-state index is 11.3. The Labute approximate surface area is 116 Å². The molecule has 0 aliphatic rings. The van der Waals surface area contributed by atoms with Crippen molar-refractivity contribution in [3.05, 3.63) is 36.2 Å². The third-order valence-corrected chi connectivity index (χ3v) is 2.88. The van der Waals surface area contributed by atoms with E-state index in [1.165, 1.54) is 0 Å². The van der Waals surface area contributed by atoms with Gasteiger partial charge in [0.2, 0.25) is 0 Å². The van der Waals surface area contributed by atoms with Crippen LogP contribution in [0.5, 0.6) is 0 Å². The van der Waals surface area contributed by atoms with E-state index in [9.17, 15) is 15.0 Å². The lowest BCUT2D eigenvalue weighted by Gasteiger charge is -2.17. The summed E-state index contributed by atoms with van der Waals surface area (Å²) in [6.07, 6.45) is 0.476. The molecule has 6 heteroatoms. The van der Waals surface area contributed by atoms with Crippen molar-refractivity contribution in [2.45, 2.75) is 25.6 Å². The molecule has 0 spiro atoms. The van der Waals surface area contributed by atoms with Crippen molar-refractivity contribution in [1.29, 1.82) is 0 Å². The van der Waals surface area contributed by atoms with Crippen LogP contribution in [-0.2, 0) is 9.53 Å². The summed E-state index contributed by atoms with van der Waals surface area (Å²) in [6.45, 7) is 1.93. The van der Waals surface area contributed by atoms with Crippen molar-refractivity contribution >= 4 is 17.0 Å². The van der Waals surface area contributed by atoms with Crippen LogP contribution in [0.1, 0.15) is 25.0 Å². The molecule has 0 fully saturated rings. The Kier molecular flexibility index (Phi) is 4.60. The summed E-state index contributed by atoms with van der Waals surface area (Å²) in [6, 6.07) is 5.00. The molecule has 2 atom stereocenters. The number of ether oxygens (including phenoxy) is 1. The highest BCUT2D eigenvalue weighted by Gasteiger charge is 2.22. The van der Waals surface area contributed by atoms with Crippen LogP contribution in [0, 0.1) is 0 Å². The molecule has 1 aromatic heterocycles. The highest BCUT2D eigenvalue weighted by molar-refractivity contribution is 5.74. The van der Waals surface area contributed by atoms with Crippen LogP contribution in [0.3, 0.4) is 0 Å². The van der Waals surface area contributed by atoms with Gasteiger partial charge in [-0.3, -0.25) is 14.8 Å². The second kappa shape index (κ2) is 6.40. The SMILES string of the molecule is CCOC(=O)CC(O)C(O)c1ccc2nccnc2c1. The lowest BCUT2D eigenvalue weighted by molar-refractivity contribution is -0.147. The number of esters is 1. The summed E-state index contributed by atoms with van der Waals surface area (Å²) in [5.74, 6) is -0.542. The topological polar surface area (TPSA) is 92.5 Å². The van der Waals surface area contributed by atoms with Crippen LogP contribution < -0.4 is 0 Å². The van der Waals surface area contributed by atoms with E-state index in [2.05, 4.69) is 9.97 Å². The number of carbonyl (C=O) groups is 1. The molecule has 6 nitrogen and oxygen atoms in total. The van der Waals surface area contributed by atoms with Gasteiger partial charge in [0.1, 0.15) is 6.10 Å². The molecule has 1 heterocycles. The second-order valence-electron chi connectivity index (χ2n) is 4.33. The van der Waals surface area contributed by atoms with Crippen molar-refractivity contribution in [3.8, 4) is 0 Å². The number of fused-ring (bicyclic) bond motifs is 1. The minimum atomic E-state index is -1.22. The van der Waals surface area contributed by atoms with Gasteiger partial charge in [0, 0.05) is 12.4 Å². The zero-order valence-electron chi connectivity index (χ0n) is 11.1. The van der Waals surface area contributed by atoms with Gasteiger partial charge in [-0.1, -0.05) is 6.07 Å². The fourth-order valence-corrected chi connectivity index (χ4v) is 1.89. The van der Waals surface area contributed by atoms with Crippen LogP contribution in [0.4, 0.5) is 0 Å². The van der Waals surface area contributed by atoms with E-state index in [4.69, 9.17) is 4.74 Å². The summed E-state index contributed by atoms with van der Waals surface area (Å²) in [7, 11) is 0. The van der Waals surface area contributed by atoms with Gasteiger partial charge in [0.05, 0.1) is 30.2 Å². The Bertz CT molecular complexity index is 602. The minimum absolute atomic E-state index is 0.243. The molecule has 106 valence electrons. The van der Waals surface area contributed by atoms with E-state index in [1.54, 1.807) is 37.5 Å². The maximum atomic E-state index is 11.3. The first-order valence-corrected chi connectivity index (χ1v) is 6.34. The normalized spacial score (nSPS) is 13.9. The molecule has 2 N–H and O–H groups in total. The number of carbonyl (C=O) groups excluding carboxylic acids is 1. The van der Waals surface area contributed by atoms with Gasteiger partial charge in [0.15, 0.2) is 0 Å². The number of aliphatic hydroxyl groups is 2. The van der Waals surface area contributed by atoms with Crippen LogP contribution >= 0.6 is 0 Å². The Balaban J connectivity index is 2.13. The molecule has 20 heavy (non-hydrogen) atoms. The molecule has 2 unspecified atom stereocenters. The lowest BCUT2D eigenvalue weighted by atomic mass is 10.0. The second-order valence-corrected chi connectivity index (χ2v) is 4.33. The molecule has 0 aliphatic heterocycles. The zero-order valence-corrected chi connectivity index (χ0v) is 11.1. The van der Waals surface area contributed by atoms with Crippen molar-refractivity contribution < 1.29 is 19.7 Å². The number of aliphatic hydroxyl groups excluding tert-OH is 2. The molecule has 0 radical (unpaired) electrons. The Hall–Kier alpha value is -2.05. The first-order chi connectivity index (χ1) is 9.61. The number of rotatable bonds is 5. The summed E-state index contributed by atoms with van der Waals surface area (Å²) < 4.78 is 4.74. The van der Waals surface area contributed by atoms with Gasteiger partial charge in [0.25, 0.3) is 0 Å². The number of benzene rings is 1. The number of aromatic nitrogens is 2. The minimum Gasteiger partial charge on any atom is -0.466 e. The van der Waals surface area contributed by atoms with Gasteiger partial charge >= 0.3 is 5.97 Å². The average molecular weight is 276 g/mol. The molecule has 0 aliphatic carbocycles. The van der Waals surface area contributed by atoms with E-state index in [0.717, 1.165) is 0 Å². The zero-order chi connectivity index (χ0) is 14.5. The average Bonchev–Trinajstić information content (AvgIpc) is 2.46. The molecule has 1 aromatic carbocycles. The van der Waals surface area contributed by atoms with Gasteiger partial charge < -0.3 is 14.9 Å². The van der Waals surface area contributed by atoms with E-state index in [-0.39, 0.29) is 13.0 Å². The molecule has 2 rings (SSSR count). The third kappa shape index (κ3) is 3.28. The van der Waals surface area contributed by atoms with Crippen molar-refractivity contribution in [3.63, 3.8) is 0 Å². The predicted octanol–water partition coefficient (Wildman–Crippen LogP) is 0.977. The Morgan fingerprint density at radius 1 is 1.25 bits per heavy atom. The Morgan fingerprint density at radius 2 is 1.95 bits per heavy atom. The largest absolute Gasteiger partial charge is 0.466 e. The highest BCUT2D eigenvalue weighted by atomic mass is 16.5. The predicted molar refractivity (Wildman–Crippen MR) is 71.8 cm³/mol. The van der Waals surface area contributed by atoms with Crippen molar-refractivity contribution in [2.24, 2.45) is 0 Å². The first kappa shape index (κ1) is 14.4. The quantitative estimate of drug-likeness (QED) is 0.791.